The van der Waals surface area contributed by atoms with Gasteiger partial charge in [0.2, 0.25) is 5.91 Å². The van der Waals surface area contributed by atoms with Crippen LogP contribution in [-0.4, -0.2) is 18.0 Å². The van der Waals surface area contributed by atoms with Crippen LogP contribution in [0.1, 0.15) is 26.7 Å². The number of carbonyl (C=O) groups is 1. The molecule has 0 rings (SSSR count). The summed E-state index contributed by atoms with van der Waals surface area (Å²) in [6, 6.07) is -0.623. The van der Waals surface area contributed by atoms with E-state index in [0.717, 1.165) is 6.42 Å². The Morgan fingerprint density at radius 3 is 2.50 bits per heavy atom. The molecule has 0 aliphatic carbocycles. The van der Waals surface area contributed by atoms with Gasteiger partial charge in [-0.05, 0) is 12.8 Å². The summed E-state index contributed by atoms with van der Waals surface area (Å²) in [6.45, 7) is 3.78. The summed E-state index contributed by atoms with van der Waals surface area (Å²) in [4.78, 5) is 11.2. The summed E-state index contributed by atoms with van der Waals surface area (Å²) in [5.74, 6) is 2.31. The van der Waals surface area contributed by atoms with Crippen LogP contribution < -0.4 is 11.1 Å². The molecule has 68 valence electrons. The Morgan fingerprint density at radius 1 is 1.58 bits per heavy atom. The van der Waals surface area contributed by atoms with E-state index >= 15 is 0 Å². The Morgan fingerprint density at radius 2 is 2.17 bits per heavy atom. The van der Waals surface area contributed by atoms with Gasteiger partial charge in [0, 0.05) is 0 Å². The normalized spacial score (nSPS) is 14.5. The van der Waals surface area contributed by atoms with Gasteiger partial charge < -0.3 is 11.1 Å². The molecule has 0 saturated heterocycles. The molecule has 3 nitrogen and oxygen atoms in total. The molecule has 1 amide bonds. The third-order valence-corrected chi connectivity index (χ3v) is 1.70. The predicted molar refractivity (Wildman–Crippen MR) is 49.3 cm³/mol. The molecule has 3 heteroatoms. The van der Waals surface area contributed by atoms with Gasteiger partial charge >= 0.3 is 0 Å². The number of rotatable bonds is 4. The third-order valence-electron chi connectivity index (χ3n) is 1.70. The molecule has 0 aliphatic heterocycles. The van der Waals surface area contributed by atoms with E-state index in [0.29, 0.717) is 6.42 Å². The first-order valence-electron chi connectivity index (χ1n) is 4.17. The number of nitrogens with two attached hydrogens (primary N) is 1. The Labute approximate surface area is 73.7 Å². The van der Waals surface area contributed by atoms with E-state index in [1.165, 1.54) is 0 Å². The van der Waals surface area contributed by atoms with Crippen LogP contribution in [0.25, 0.3) is 0 Å². The van der Waals surface area contributed by atoms with Crippen molar-refractivity contribution in [3.63, 3.8) is 0 Å². The minimum absolute atomic E-state index is 0.165. The van der Waals surface area contributed by atoms with Gasteiger partial charge in [0.25, 0.3) is 0 Å². The molecule has 12 heavy (non-hydrogen) atoms. The molecule has 2 atom stereocenters. The molecule has 0 radical (unpaired) electrons. The maximum Gasteiger partial charge on any atom is 0.237 e. The topological polar surface area (TPSA) is 55.1 Å². The molecule has 3 N–H and O–H groups in total. The van der Waals surface area contributed by atoms with Gasteiger partial charge in [-0.3, -0.25) is 4.79 Å². The Kier molecular flexibility index (Phi) is 5.14. The van der Waals surface area contributed by atoms with Crippen LogP contribution in [0.2, 0.25) is 0 Å². The van der Waals surface area contributed by atoms with E-state index in [9.17, 15) is 4.79 Å². The Balaban J connectivity index is 3.92. The van der Waals surface area contributed by atoms with E-state index in [4.69, 9.17) is 12.2 Å². The molecule has 0 saturated carbocycles. The largest absolute Gasteiger partial charge is 0.341 e. The summed E-state index contributed by atoms with van der Waals surface area (Å²) in [5.41, 5.74) is 5.49. The Bertz CT molecular complexity index is 183. The number of hydrogen-bond acceptors (Lipinski definition) is 2. The van der Waals surface area contributed by atoms with Gasteiger partial charge in [0.15, 0.2) is 0 Å². The van der Waals surface area contributed by atoms with Crippen molar-refractivity contribution >= 4 is 5.91 Å². The van der Waals surface area contributed by atoms with Crippen molar-refractivity contribution in [3.8, 4) is 12.3 Å². The Hall–Kier alpha value is -1.01. The highest BCUT2D eigenvalue weighted by Gasteiger charge is 2.13. The highest BCUT2D eigenvalue weighted by Crippen LogP contribution is 1.91. The molecule has 1 unspecified atom stereocenters. The average molecular weight is 168 g/mol. The van der Waals surface area contributed by atoms with Crippen molar-refractivity contribution in [2.24, 2.45) is 5.73 Å². The van der Waals surface area contributed by atoms with Gasteiger partial charge in [0.05, 0.1) is 12.1 Å². The fourth-order valence-corrected chi connectivity index (χ4v) is 0.726. The van der Waals surface area contributed by atoms with Crippen LogP contribution in [0, 0.1) is 12.3 Å². The first-order chi connectivity index (χ1) is 5.65. The van der Waals surface area contributed by atoms with Gasteiger partial charge in [-0.15, -0.1) is 6.42 Å². The van der Waals surface area contributed by atoms with Crippen molar-refractivity contribution in [2.75, 3.05) is 0 Å². The standard InChI is InChI=1S/C9H16N2O/c1-4-7(5-2)11-9(12)8(10)6-3/h1,7-8H,5-6,10H2,2-3H3,(H,11,12)/t7?,8-/m1/s1. The molecule has 0 spiro atoms. The molecular weight excluding hydrogens is 152 g/mol. The lowest BCUT2D eigenvalue weighted by Crippen LogP contribution is -2.44. The van der Waals surface area contributed by atoms with Gasteiger partial charge in [0.1, 0.15) is 0 Å². The van der Waals surface area contributed by atoms with Crippen LogP contribution in [0.3, 0.4) is 0 Å². The molecule has 0 heterocycles. The van der Waals surface area contributed by atoms with E-state index in [-0.39, 0.29) is 11.9 Å². The number of hydrogen-bond donors (Lipinski definition) is 2. The average Bonchev–Trinajstić information content (AvgIpc) is 2.12. The summed E-state index contributed by atoms with van der Waals surface area (Å²) in [5, 5.41) is 2.67. The third kappa shape index (κ3) is 3.40. The zero-order valence-electron chi connectivity index (χ0n) is 7.63. The van der Waals surface area contributed by atoms with Crippen molar-refractivity contribution in [1.82, 2.24) is 5.32 Å². The lowest BCUT2D eigenvalue weighted by atomic mass is 10.2. The lowest BCUT2D eigenvalue weighted by molar-refractivity contribution is -0.122. The molecule has 0 aromatic rings. The molecule has 0 aliphatic rings. The maximum atomic E-state index is 11.2. The second-order valence-corrected chi connectivity index (χ2v) is 2.65. The molecule has 0 aromatic carbocycles. The fourth-order valence-electron chi connectivity index (χ4n) is 0.726. The number of nitrogens with one attached hydrogen (secondary N) is 1. The fraction of sp³-hybridized carbons (Fsp3) is 0.667. The smallest absolute Gasteiger partial charge is 0.237 e. The summed E-state index contributed by atoms with van der Waals surface area (Å²) >= 11 is 0. The van der Waals surface area contributed by atoms with Crippen molar-refractivity contribution < 1.29 is 4.79 Å². The monoisotopic (exact) mass is 168 g/mol. The van der Waals surface area contributed by atoms with E-state index < -0.39 is 6.04 Å². The lowest BCUT2D eigenvalue weighted by Gasteiger charge is -2.13. The summed E-state index contributed by atoms with van der Waals surface area (Å²) < 4.78 is 0. The molecule has 0 aromatic heterocycles. The second kappa shape index (κ2) is 5.62. The van der Waals surface area contributed by atoms with Crippen molar-refractivity contribution in [2.45, 2.75) is 38.8 Å². The van der Waals surface area contributed by atoms with Gasteiger partial charge in [-0.2, -0.15) is 0 Å². The minimum Gasteiger partial charge on any atom is -0.341 e. The van der Waals surface area contributed by atoms with Crippen LogP contribution >= 0.6 is 0 Å². The highest BCUT2D eigenvalue weighted by atomic mass is 16.2. The van der Waals surface area contributed by atoms with Crippen LogP contribution in [0.15, 0.2) is 0 Å². The highest BCUT2D eigenvalue weighted by molar-refractivity contribution is 5.81. The predicted octanol–water partition coefficient (Wildman–Crippen LogP) is 0.252. The van der Waals surface area contributed by atoms with Crippen molar-refractivity contribution in [1.29, 1.82) is 0 Å². The maximum absolute atomic E-state index is 11.2. The van der Waals surface area contributed by atoms with Crippen LogP contribution in [0.4, 0.5) is 0 Å². The first kappa shape index (κ1) is 11.0. The summed E-state index contributed by atoms with van der Waals surface area (Å²) in [7, 11) is 0. The number of amides is 1. The van der Waals surface area contributed by atoms with Gasteiger partial charge in [-0.25, -0.2) is 0 Å². The zero-order chi connectivity index (χ0) is 9.56. The minimum atomic E-state index is -0.438. The van der Waals surface area contributed by atoms with E-state index in [1.807, 2.05) is 13.8 Å². The van der Waals surface area contributed by atoms with E-state index in [2.05, 4.69) is 11.2 Å². The van der Waals surface area contributed by atoms with E-state index in [1.54, 1.807) is 0 Å². The van der Waals surface area contributed by atoms with Crippen LogP contribution in [0.5, 0.6) is 0 Å². The van der Waals surface area contributed by atoms with Gasteiger partial charge in [-0.1, -0.05) is 19.8 Å². The first-order valence-corrected chi connectivity index (χ1v) is 4.17. The zero-order valence-corrected chi connectivity index (χ0v) is 7.63. The SMILES string of the molecule is C#CC(CC)NC(=O)[C@H](N)CC. The number of terminal acetylenes is 1. The molecular formula is C9H16N2O. The molecule has 0 bridgehead atoms. The summed E-state index contributed by atoms with van der Waals surface area (Å²) in [6.07, 6.45) is 6.53. The molecule has 0 fully saturated rings. The number of carbonyl (C=O) groups excluding carboxylic acids is 1. The second-order valence-electron chi connectivity index (χ2n) is 2.65. The van der Waals surface area contributed by atoms with Crippen molar-refractivity contribution in [3.05, 3.63) is 0 Å². The van der Waals surface area contributed by atoms with Crippen LogP contribution in [-0.2, 0) is 4.79 Å². The quantitative estimate of drug-likeness (QED) is 0.591.